The summed E-state index contributed by atoms with van der Waals surface area (Å²) in [7, 11) is 3.56. The fourth-order valence-corrected chi connectivity index (χ4v) is 3.23. The largest absolute Gasteiger partial charge is 0.352 e. The number of aliphatic imine (C=N–C) groups is 1. The Morgan fingerprint density at radius 3 is 2.83 bits per heavy atom. The Bertz CT molecular complexity index is 751. The second kappa shape index (κ2) is 7.95. The van der Waals surface area contributed by atoms with Crippen LogP contribution in [0.1, 0.15) is 16.0 Å². The van der Waals surface area contributed by atoms with E-state index in [0.717, 1.165) is 9.21 Å². The zero-order valence-corrected chi connectivity index (χ0v) is 14.4. The van der Waals surface area contributed by atoms with Crippen LogP contribution >= 0.6 is 22.9 Å². The van der Waals surface area contributed by atoms with Gasteiger partial charge >= 0.3 is 0 Å². The molecule has 0 amide bonds. The molecule has 1 N–H and O–H groups in total. The maximum Gasteiger partial charge on any atom is 0.193 e. The van der Waals surface area contributed by atoms with E-state index in [1.165, 1.54) is 29.5 Å². The summed E-state index contributed by atoms with van der Waals surface area (Å²) in [6.45, 7) is 0.904. The topological polar surface area (TPSA) is 51.4 Å². The predicted octanol–water partition coefficient (Wildman–Crippen LogP) is 3.62. The van der Waals surface area contributed by atoms with Crippen LogP contribution in [0.2, 0.25) is 4.34 Å². The lowest BCUT2D eigenvalue weighted by Gasteiger charge is -2.21. The minimum absolute atomic E-state index is 0.254. The first-order valence-corrected chi connectivity index (χ1v) is 8.07. The van der Waals surface area contributed by atoms with E-state index < -0.39 is 0 Å². The van der Waals surface area contributed by atoms with Crippen LogP contribution in [-0.2, 0) is 13.1 Å². The average molecular weight is 351 g/mol. The van der Waals surface area contributed by atoms with Gasteiger partial charge in [-0.3, -0.25) is 4.99 Å². The molecule has 0 aliphatic carbocycles. The van der Waals surface area contributed by atoms with Crippen LogP contribution in [0, 0.1) is 17.1 Å². The molecule has 1 aromatic heterocycles. The molecular weight excluding hydrogens is 335 g/mol. The van der Waals surface area contributed by atoms with E-state index >= 15 is 0 Å². The van der Waals surface area contributed by atoms with Gasteiger partial charge in [-0.15, -0.1) is 11.3 Å². The number of benzene rings is 1. The van der Waals surface area contributed by atoms with Crippen molar-refractivity contribution in [2.24, 2.45) is 4.99 Å². The first kappa shape index (κ1) is 17.3. The van der Waals surface area contributed by atoms with Crippen molar-refractivity contribution < 1.29 is 4.39 Å². The SMILES string of the molecule is CN=C(NCc1cc(C#N)ccc1F)N(C)Cc1ccc(Cl)s1. The molecule has 0 bridgehead atoms. The summed E-state index contributed by atoms with van der Waals surface area (Å²) in [4.78, 5) is 7.23. The molecule has 0 aliphatic rings. The van der Waals surface area contributed by atoms with Crippen LogP contribution in [-0.4, -0.2) is 25.0 Å². The molecule has 0 unspecified atom stereocenters. The van der Waals surface area contributed by atoms with Crippen molar-refractivity contribution in [3.8, 4) is 6.07 Å². The Balaban J connectivity index is 2.01. The van der Waals surface area contributed by atoms with Gasteiger partial charge in [0.1, 0.15) is 5.82 Å². The summed E-state index contributed by atoms with van der Waals surface area (Å²) >= 11 is 7.44. The number of thiophene rings is 1. The van der Waals surface area contributed by atoms with Gasteiger partial charge in [-0.25, -0.2) is 4.39 Å². The van der Waals surface area contributed by atoms with Gasteiger partial charge in [-0.2, -0.15) is 5.26 Å². The minimum Gasteiger partial charge on any atom is -0.352 e. The van der Waals surface area contributed by atoms with Gasteiger partial charge in [0, 0.05) is 31.1 Å². The van der Waals surface area contributed by atoms with Crippen molar-refractivity contribution in [3.63, 3.8) is 0 Å². The molecule has 1 heterocycles. The Morgan fingerprint density at radius 2 is 2.22 bits per heavy atom. The highest BCUT2D eigenvalue weighted by Gasteiger charge is 2.10. The van der Waals surface area contributed by atoms with Crippen LogP contribution < -0.4 is 5.32 Å². The summed E-state index contributed by atoms with van der Waals surface area (Å²) in [6.07, 6.45) is 0. The second-order valence-electron chi connectivity index (χ2n) is 4.88. The van der Waals surface area contributed by atoms with Gasteiger partial charge in [-0.1, -0.05) is 11.6 Å². The number of nitrogens with one attached hydrogen (secondary N) is 1. The number of hydrogen-bond donors (Lipinski definition) is 1. The first-order valence-electron chi connectivity index (χ1n) is 6.88. The molecule has 23 heavy (non-hydrogen) atoms. The maximum atomic E-state index is 13.8. The Hall–Kier alpha value is -2.10. The number of nitrogens with zero attached hydrogens (tertiary/aromatic N) is 3. The number of halogens is 2. The number of hydrogen-bond acceptors (Lipinski definition) is 3. The van der Waals surface area contributed by atoms with Crippen molar-refractivity contribution in [2.45, 2.75) is 13.1 Å². The molecule has 0 spiro atoms. The van der Waals surface area contributed by atoms with E-state index in [0.29, 0.717) is 23.6 Å². The molecule has 0 atom stereocenters. The van der Waals surface area contributed by atoms with Crippen LogP contribution in [0.4, 0.5) is 4.39 Å². The third kappa shape index (κ3) is 4.68. The van der Waals surface area contributed by atoms with Crippen LogP contribution in [0.25, 0.3) is 0 Å². The van der Waals surface area contributed by atoms with Gasteiger partial charge in [0.25, 0.3) is 0 Å². The molecule has 0 saturated carbocycles. The second-order valence-corrected chi connectivity index (χ2v) is 6.68. The highest BCUT2D eigenvalue weighted by molar-refractivity contribution is 7.16. The summed E-state index contributed by atoms with van der Waals surface area (Å²) < 4.78 is 14.5. The van der Waals surface area contributed by atoms with E-state index in [1.54, 1.807) is 7.05 Å². The van der Waals surface area contributed by atoms with Gasteiger partial charge in [0.2, 0.25) is 0 Å². The van der Waals surface area contributed by atoms with Crippen molar-refractivity contribution in [2.75, 3.05) is 14.1 Å². The summed E-state index contributed by atoms with van der Waals surface area (Å²) in [5.41, 5.74) is 0.859. The van der Waals surface area contributed by atoms with Gasteiger partial charge < -0.3 is 10.2 Å². The molecule has 2 aromatic rings. The molecule has 0 radical (unpaired) electrons. The van der Waals surface area contributed by atoms with Gasteiger partial charge in [0.05, 0.1) is 22.5 Å². The summed E-state index contributed by atoms with van der Waals surface area (Å²) in [5.74, 6) is 0.288. The Morgan fingerprint density at radius 1 is 1.43 bits per heavy atom. The summed E-state index contributed by atoms with van der Waals surface area (Å²) in [5, 5.41) is 12.0. The lowest BCUT2D eigenvalue weighted by atomic mass is 10.1. The molecule has 2 rings (SSSR count). The smallest absolute Gasteiger partial charge is 0.193 e. The van der Waals surface area contributed by atoms with Crippen molar-refractivity contribution in [1.82, 2.24) is 10.2 Å². The molecule has 0 saturated heterocycles. The van der Waals surface area contributed by atoms with E-state index in [-0.39, 0.29) is 12.4 Å². The predicted molar refractivity (Wildman–Crippen MR) is 92.1 cm³/mol. The maximum absolute atomic E-state index is 13.8. The van der Waals surface area contributed by atoms with Gasteiger partial charge in [-0.05, 0) is 30.3 Å². The first-order chi connectivity index (χ1) is 11.0. The highest BCUT2D eigenvalue weighted by Crippen LogP contribution is 2.22. The van der Waals surface area contributed by atoms with Gasteiger partial charge in [0.15, 0.2) is 5.96 Å². The van der Waals surface area contributed by atoms with Crippen molar-refractivity contribution >= 4 is 28.9 Å². The zero-order chi connectivity index (χ0) is 16.8. The normalized spacial score (nSPS) is 11.2. The number of rotatable bonds is 4. The number of guanidine groups is 1. The molecule has 1 aromatic carbocycles. The molecule has 120 valence electrons. The number of nitriles is 1. The zero-order valence-electron chi connectivity index (χ0n) is 12.8. The van der Waals surface area contributed by atoms with E-state index in [9.17, 15) is 4.39 Å². The van der Waals surface area contributed by atoms with Crippen molar-refractivity contribution in [3.05, 3.63) is 56.5 Å². The minimum atomic E-state index is -0.348. The highest BCUT2D eigenvalue weighted by atomic mass is 35.5. The molecule has 7 heteroatoms. The van der Waals surface area contributed by atoms with Crippen LogP contribution in [0.15, 0.2) is 35.3 Å². The molecule has 0 aliphatic heterocycles. The lowest BCUT2D eigenvalue weighted by molar-refractivity contribution is 0.479. The fourth-order valence-electron chi connectivity index (χ4n) is 2.08. The quantitative estimate of drug-likeness (QED) is 0.676. The lowest BCUT2D eigenvalue weighted by Crippen LogP contribution is -2.38. The summed E-state index contributed by atoms with van der Waals surface area (Å²) in [6, 6.07) is 10.1. The Labute approximate surface area is 143 Å². The van der Waals surface area contributed by atoms with Crippen LogP contribution in [0.5, 0.6) is 0 Å². The van der Waals surface area contributed by atoms with E-state index in [4.69, 9.17) is 16.9 Å². The Kier molecular flexibility index (Phi) is 5.97. The van der Waals surface area contributed by atoms with E-state index in [1.807, 2.05) is 30.1 Å². The standard InChI is InChI=1S/C16H16ClFN4S/c1-20-16(22(2)10-13-4-6-15(17)23-13)21-9-12-7-11(8-19)3-5-14(12)18/h3-7H,9-10H2,1-2H3,(H,20,21). The van der Waals surface area contributed by atoms with Crippen LogP contribution in [0.3, 0.4) is 0 Å². The van der Waals surface area contributed by atoms with E-state index in [2.05, 4.69) is 10.3 Å². The average Bonchev–Trinajstić information content (AvgIpc) is 2.94. The fraction of sp³-hybridized carbons (Fsp3) is 0.250. The van der Waals surface area contributed by atoms with Crippen molar-refractivity contribution in [1.29, 1.82) is 5.26 Å². The molecular formula is C16H16ClFN4S. The third-order valence-electron chi connectivity index (χ3n) is 3.21. The molecule has 4 nitrogen and oxygen atoms in total. The third-order valence-corrected chi connectivity index (χ3v) is 4.42. The molecule has 0 fully saturated rings. The monoisotopic (exact) mass is 350 g/mol.